The number of ether oxygens (including phenoxy) is 3. The number of rotatable bonds is 44. The van der Waals surface area contributed by atoms with E-state index in [0.29, 0.717) is 19.3 Å². The monoisotopic (exact) mass is 793 g/mol. The SMILES string of the molecule is CCCCCCCCCCCCCC(=O)OC[C@@H](COC(=O)CCCCCCCCCCC(C)C)OC(=O)CCCCCCCCCCCCCCCC(C)C. The van der Waals surface area contributed by atoms with Crippen molar-refractivity contribution >= 4 is 17.9 Å². The average molecular weight is 793 g/mol. The first-order chi connectivity index (χ1) is 27.2. The lowest BCUT2D eigenvalue weighted by Crippen LogP contribution is -2.30. The zero-order chi connectivity index (χ0) is 41.2. The zero-order valence-corrected chi connectivity index (χ0v) is 38.3. The van der Waals surface area contributed by atoms with Crippen molar-refractivity contribution in [3.8, 4) is 0 Å². The van der Waals surface area contributed by atoms with Crippen LogP contribution in [0.25, 0.3) is 0 Å². The lowest BCUT2D eigenvalue weighted by atomic mass is 10.0. The van der Waals surface area contributed by atoms with E-state index in [2.05, 4.69) is 34.6 Å². The molecule has 0 fully saturated rings. The molecule has 0 saturated heterocycles. The van der Waals surface area contributed by atoms with Gasteiger partial charge >= 0.3 is 17.9 Å². The van der Waals surface area contributed by atoms with Crippen LogP contribution in [0.1, 0.15) is 272 Å². The van der Waals surface area contributed by atoms with Crippen molar-refractivity contribution in [1.29, 1.82) is 0 Å². The standard InChI is InChI=1S/C50H96O6/c1-6-7-8-9-10-11-15-19-25-30-35-40-48(51)54-43-47(44-55-49(52)41-36-31-26-22-21-24-29-34-39-46(4)5)56-50(53)42-37-32-27-20-17-14-12-13-16-18-23-28-33-38-45(2)3/h45-47H,6-44H2,1-5H3/t47-/m0/s1. The quantitative estimate of drug-likeness (QED) is 0.0347. The Morgan fingerprint density at radius 1 is 0.339 bits per heavy atom. The van der Waals surface area contributed by atoms with Crippen molar-refractivity contribution in [2.75, 3.05) is 13.2 Å². The summed E-state index contributed by atoms with van der Waals surface area (Å²) in [5.41, 5.74) is 0. The molecule has 0 heterocycles. The lowest BCUT2D eigenvalue weighted by molar-refractivity contribution is -0.167. The van der Waals surface area contributed by atoms with E-state index in [-0.39, 0.29) is 31.1 Å². The van der Waals surface area contributed by atoms with Gasteiger partial charge in [0.05, 0.1) is 0 Å². The Labute approximate surface area is 348 Å². The summed E-state index contributed by atoms with van der Waals surface area (Å²) in [5, 5.41) is 0. The molecule has 0 saturated carbocycles. The van der Waals surface area contributed by atoms with E-state index in [0.717, 1.165) is 69.6 Å². The van der Waals surface area contributed by atoms with Gasteiger partial charge in [0.25, 0.3) is 0 Å². The topological polar surface area (TPSA) is 78.9 Å². The maximum absolute atomic E-state index is 12.8. The van der Waals surface area contributed by atoms with Gasteiger partial charge in [-0.05, 0) is 31.1 Å². The molecular formula is C50H96O6. The Hall–Kier alpha value is -1.59. The van der Waals surface area contributed by atoms with Gasteiger partial charge in [-0.15, -0.1) is 0 Å². The molecular weight excluding hydrogens is 697 g/mol. The molecule has 0 aliphatic carbocycles. The highest BCUT2D eigenvalue weighted by Gasteiger charge is 2.19. The Bertz CT molecular complexity index is 854. The fourth-order valence-corrected chi connectivity index (χ4v) is 7.46. The first-order valence-corrected chi connectivity index (χ1v) is 24.7. The van der Waals surface area contributed by atoms with Crippen LogP contribution in [0.3, 0.4) is 0 Å². The summed E-state index contributed by atoms with van der Waals surface area (Å²) >= 11 is 0. The average Bonchev–Trinajstić information content (AvgIpc) is 3.16. The van der Waals surface area contributed by atoms with Crippen LogP contribution in [0.5, 0.6) is 0 Å². The molecule has 0 unspecified atom stereocenters. The van der Waals surface area contributed by atoms with Crippen LogP contribution in [0.15, 0.2) is 0 Å². The van der Waals surface area contributed by atoms with E-state index >= 15 is 0 Å². The molecule has 56 heavy (non-hydrogen) atoms. The summed E-state index contributed by atoms with van der Waals surface area (Å²) in [7, 11) is 0. The number of unbranched alkanes of at least 4 members (excludes halogenated alkanes) is 29. The highest BCUT2D eigenvalue weighted by atomic mass is 16.6. The van der Waals surface area contributed by atoms with E-state index in [4.69, 9.17) is 14.2 Å². The predicted molar refractivity (Wildman–Crippen MR) is 238 cm³/mol. The Kier molecular flexibility index (Phi) is 41.8. The van der Waals surface area contributed by atoms with Crippen LogP contribution in [0.2, 0.25) is 0 Å². The minimum absolute atomic E-state index is 0.0643. The smallest absolute Gasteiger partial charge is 0.306 e. The number of hydrogen-bond donors (Lipinski definition) is 0. The summed E-state index contributed by atoms with van der Waals surface area (Å²) in [5.74, 6) is 0.781. The summed E-state index contributed by atoms with van der Waals surface area (Å²) in [6.45, 7) is 11.3. The van der Waals surface area contributed by atoms with Crippen LogP contribution in [0, 0.1) is 11.8 Å². The molecule has 6 heteroatoms. The molecule has 332 valence electrons. The van der Waals surface area contributed by atoms with Crippen molar-refractivity contribution in [3.05, 3.63) is 0 Å². The Morgan fingerprint density at radius 3 is 0.875 bits per heavy atom. The van der Waals surface area contributed by atoms with Crippen molar-refractivity contribution < 1.29 is 28.6 Å². The molecule has 6 nitrogen and oxygen atoms in total. The van der Waals surface area contributed by atoms with Gasteiger partial charge in [-0.2, -0.15) is 0 Å². The fourth-order valence-electron chi connectivity index (χ4n) is 7.46. The maximum atomic E-state index is 12.8. The second-order valence-corrected chi connectivity index (χ2v) is 18.1. The van der Waals surface area contributed by atoms with E-state index in [1.165, 1.54) is 161 Å². The normalized spacial score (nSPS) is 12.1. The first kappa shape index (κ1) is 54.4. The number of esters is 3. The molecule has 0 aliphatic heterocycles. The molecule has 0 rings (SSSR count). The van der Waals surface area contributed by atoms with Gasteiger partial charge in [-0.25, -0.2) is 0 Å². The van der Waals surface area contributed by atoms with E-state index in [1.807, 2.05) is 0 Å². The van der Waals surface area contributed by atoms with E-state index in [9.17, 15) is 14.4 Å². The fraction of sp³-hybridized carbons (Fsp3) is 0.940. The first-order valence-electron chi connectivity index (χ1n) is 24.7. The second kappa shape index (κ2) is 43.0. The van der Waals surface area contributed by atoms with E-state index in [1.54, 1.807) is 0 Å². The van der Waals surface area contributed by atoms with Gasteiger partial charge in [-0.3, -0.25) is 14.4 Å². The summed E-state index contributed by atoms with van der Waals surface area (Å²) in [6, 6.07) is 0. The number of carbonyl (C=O) groups is 3. The Morgan fingerprint density at radius 2 is 0.589 bits per heavy atom. The summed E-state index contributed by atoms with van der Waals surface area (Å²) in [4.78, 5) is 37.8. The van der Waals surface area contributed by atoms with Crippen LogP contribution in [-0.4, -0.2) is 37.2 Å². The third-order valence-corrected chi connectivity index (χ3v) is 11.2. The molecule has 0 aliphatic rings. The minimum Gasteiger partial charge on any atom is -0.462 e. The molecule has 0 spiro atoms. The molecule has 0 aromatic rings. The van der Waals surface area contributed by atoms with Crippen LogP contribution < -0.4 is 0 Å². The minimum atomic E-state index is -0.761. The predicted octanol–water partition coefficient (Wildman–Crippen LogP) is 15.8. The van der Waals surface area contributed by atoms with Gasteiger partial charge < -0.3 is 14.2 Å². The molecule has 0 N–H and O–H groups in total. The third kappa shape index (κ3) is 43.5. The largest absolute Gasteiger partial charge is 0.462 e. The van der Waals surface area contributed by atoms with E-state index < -0.39 is 6.10 Å². The highest BCUT2D eigenvalue weighted by Crippen LogP contribution is 2.17. The molecule has 0 aromatic heterocycles. The van der Waals surface area contributed by atoms with Crippen molar-refractivity contribution in [3.63, 3.8) is 0 Å². The van der Waals surface area contributed by atoms with Crippen molar-refractivity contribution in [2.24, 2.45) is 11.8 Å². The summed E-state index contributed by atoms with van der Waals surface area (Å²) < 4.78 is 16.8. The zero-order valence-electron chi connectivity index (χ0n) is 38.3. The lowest BCUT2D eigenvalue weighted by Gasteiger charge is -2.18. The molecule has 0 bridgehead atoms. The summed E-state index contributed by atoms with van der Waals surface area (Å²) in [6.07, 6.45) is 42.3. The Balaban J connectivity index is 4.31. The third-order valence-electron chi connectivity index (χ3n) is 11.2. The van der Waals surface area contributed by atoms with Crippen LogP contribution in [-0.2, 0) is 28.6 Å². The van der Waals surface area contributed by atoms with Gasteiger partial charge in [0, 0.05) is 19.3 Å². The van der Waals surface area contributed by atoms with Crippen LogP contribution >= 0.6 is 0 Å². The number of hydrogen-bond acceptors (Lipinski definition) is 6. The van der Waals surface area contributed by atoms with Gasteiger partial charge in [0.15, 0.2) is 6.10 Å². The maximum Gasteiger partial charge on any atom is 0.306 e. The van der Waals surface area contributed by atoms with Crippen LogP contribution in [0.4, 0.5) is 0 Å². The second-order valence-electron chi connectivity index (χ2n) is 18.1. The number of carbonyl (C=O) groups excluding carboxylic acids is 3. The van der Waals surface area contributed by atoms with Gasteiger partial charge in [0.1, 0.15) is 13.2 Å². The molecule has 0 radical (unpaired) electrons. The molecule has 0 amide bonds. The highest BCUT2D eigenvalue weighted by molar-refractivity contribution is 5.71. The van der Waals surface area contributed by atoms with Gasteiger partial charge in [0.2, 0.25) is 0 Å². The molecule has 0 aromatic carbocycles. The van der Waals surface area contributed by atoms with Crippen molar-refractivity contribution in [1.82, 2.24) is 0 Å². The molecule has 1 atom stereocenters. The van der Waals surface area contributed by atoms with Gasteiger partial charge in [-0.1, -0.05) is 234 Å². The van der Waals surface area contributed by atoms with Crippen molar-refractivity contribution in [2.45, 2.75) is 278 Å².